The molecule has 130 valence electrons. The highest BCUT2D eigenvalue weighted by molar-refractivity contribution is 7.92. The van der Waals surface area contributed by atoms with E-state index in [1.54, 1.807) is 11.3 Å². The third kappa shape index (κ3) is 3.72. The number of nitrogens with one attached hydrogen (secondary N) is 1. The average molecular weight is 366 g/mol. The molecular weight excluding hydrogens is 342 g/mol. The lowest BCUT2D eigenvalue weighted by Crippen LogP contribution is -2.34. The quantitative estimate of drug-likeness (QED) is 0.792. The van der Waals surface area contributed by atoms with Crippen LogP contribution in [0.1, 0.15) is 31.7 Å². The topological polar surface area (TPSA) is 62.3 Å². The van der Waals surface area contributed by atoms with Crippen LogP contribution in [-0.2, 0) is 16.4 Å². The van der Waals surface area contributed by atoms with Crippen molar-refractivity contribution in [3.63, 3.8) is 0 Å². The molecular formula is C17H23N3O2S2. The number of anilines is 2. The molecule has 0 atom stereocenters. The Balaban J connectivity index is 1.84. The van der Waals surface area contributed by atoms with E-state index in [2.05, 4.69) is 23.3 Å². The standard InChI is InChI=1S/C17H23N3O2S2/c1-3-4-9-18-17-19-15(12-23-17)13-7-8-16-14(11-13)6-5-10-20(16)24(2,21)22/h7-8,11-12H,3-6,9-10H2,1-2H3,(H,18,19). The molecule has 0 spiro atoms. The molecule has 1 aliphatic rings. The second-order valence-corrected chi connectivity index (χ2v) is 8.87. The fourth-order valence-electron chi connectivity index (χ4n) is 2.93. The average Bonchev–Trinajstić information content (AvgIpc) is 3.02. The van der Waals surface area contributed by atoms with Gasteiger partial charge in [-0.25, -0.2) is 13.4 Å². The second-order valence-electron chi connectivity index (χ2n) is 6.10. The van der Waals surface area contributed by atoms with E-state index in [9.17, 15) is 8.42 Å². The third-order valence-electron chi connectivity index (χ3n) is 4.16. The van der Waals surface area contributed by atoms with Crippen LogP contribution in [0, 0.1) is 0 Å². The molecule has 0 radical (unpaired) electrons. The van der Waals surface area contributed by atoms with E-state index in [0.717, 1.165) is 59.9 Å². The number of nitrogens with zero attached hydrogens (tertiary/aromatic N) is 2. The minimum atomic E-state index is -3.22. The largest absolute Gasteiger partial charge is 0.362 e. The van der Waals surface area contributed by atoms with Crippen molar-refractivity contribution in [2.45, 2.75) is 32.6 Å². The highest BCUT2D eigenvalue weighted by Gasteiger charge is 2.24. The van der Waals surface area contributed by atoms with E-state index in [1.807, 2.05) is 17.5 Å². The van der Waals surface area contributed by atoms with Gasteiger partial charge in [-0.05, 0) is 37.0 Å². The van der Waals surface area contributed by atoms with E-state index in [1.165, 1.54) is 10.6 Å². The normalized spacial score (nSPS) is 14.5. The van der Waals surface area contributed by atoms with Gasteiger partial charge in [0.1, 0.15) is 0 Å². The van der Waals surface area contributed by atoms with Crippen molar-refractivity contribution in [2.75, 3.05) is 29.0 Å². The maximum atomic E-state index is 11.9. The summed E-state index contributed by atoms with van der Waals surface area (Å²) in [4.78, 5) is 4.64. The molecule has 0 unspecified atom stereocenters. The van der Waals surface area contributed by atoms with Crippen molar-refractivity contribution < 1.29 is 8.42 Å². The van der Waals surface area contributed by atoms with Gasteiger partial charge >= 0.3 is 0 Å². The van der Waals surface area contributed by atoms with Gasteiger partial charge in [0, 0.05) is 24.0 Å². The molecule has 0 amide bonds. The van der Waals surface area contributed by atoms with Crippen LogP contribution in [-0.4, -0.2) is 32.7 Å². The van der Waals surface area contributed by atoms with E-state index >= 15 is 0 Å². The molecule has 0 saturated heterocycles. The summed E-state index contributed by atoms with van der Waals surface area (Å²) in [6.45, 7) is 3.67. The first kappa shape index (κ1) is 17.2. The zero-order valence-electron chi connectivity index (χ0n) is 14.1. The fourth-order valence-corrected chi connectivity index (χ4v) is 4.67. The molecule has 0 saturated carbocycles. The Morgan fingerprint density at radius 3 is 2.96 bits per heavy atom. The minimum absolute atomic E-state index is 0.563. The van der Waals surface area contributed by atoms with Crippen LogP contribution in [0.25, 0.3) is 11.3 Å². The van der Waals surface area contributed by atoms with Gasteiger partial charge in [-0.1, -0.05) is 19.4 Å². The molecule has 0 aliphatic carbocycles. The summed E-state index contributed by atoms with van der Waals surface area (Å²) in [5.74, 6) is 0. The fraction of sp³-hybridized carbons (Fsp3) is 0.471. The predicted octanol–water partition coefficient (Wildman–Crippen LogP) is 3.73. The predicted molar refractivity (Wildman–Crippen MR) is 101 cm³/mol. The zero-order chi connectivity index (χ0) is 17.2. The highest BCUT2D eigenvalue weighted by atomic mass is 32.2. The van der Waals surface area contributed by atoms with Gasteiger partial charge in [-0.3, -0.25) is 4.31 Å². The van der Waals surface area contributed by atoms with Crippen LogP contribution in [0.4, 0.5) is 10.8 Å². The Morgan fingerprint density at radius 1 is 1.38 bits per heavy atom. The molecule has 3 rings (SSSR count). The van der Waals surface area contributed by atoms with Crippen molar-refractivity contribution in [2.24, 2.45) is 0 Å². The van der Waals surface area contributed by atoms with Gasteiger partial charge in [0.25, 0.3) is 0 Å². The van der Waals surface area contributed by atoms with Gasteiger partial charge < -0.3 is 5.32 Å². The summed E-state index contributed by atoms with van der Waals surface area (Å²) < 4.78 is 25.4. The number of benzene rings is 1. The summed E-state index contributed by atoms with van der Waals surface area (Å²) in [7, 11) is -3.22. The van der Waals surface area contributed by atoms with Crippen LogP contribution in [0.5, 0.6) is 0 Å². The molecule has 1 aromatic carbocycles. The van der Waals surface area contributed by atoms with Crippen molar-refractivity contribution in [1.29, 1.82) is 0 Å². The van der Waals surface area contributed by atoms with Gasteiger partial charge in [-0.15, -0.1) is 11.3 Å². The van der Waals surface area contributed by atoms with Crippen LogP contribution >= 0.6 is 11.3 Å². The zero-order valence-corrected chi connectivity index (χ0v) is 15.7. The lowest BCUT2D eigenvalue weighted by Gasteiger charge is -2.29. The van der Waals surface area contributed by atoms with E-state index < -0.39 is 10.0 Å². The molecule has 1 N–H and O–H groups in total. The number of fused-ring (bicyclic) bond motifs is 1. The number of aryl methyl sites for hydroxylation is 1. The molecule has 0 bridgehead atoms. The first-order valence-electron chi connectivity index (χ1n) is 8.29. The Hall–Kier alpha value is -1.60. The van der Waals surface area contributed by atoms with Gasteiger partial charge in [0.15, 0.2) is 5.13 Å². The third-order valence-corrected chi connectivity index (χ3v) is 6.14. The van der Waals surface area contributed by atoms with Crippen LogP contribution in [0.3, 0.4) is 0 Å². The van der Waals surface area contributed by atoms with Crippen molar-refractivity contribution in [1.82, 2.24) is 4.98 Å². The Bertz CT molecular complexity index is 815. The number of hydrogen-bond acceptors (Lipinski definition) is 5. The first-order chi connectivity index (χ1) is 11.5. The molecule has 5 nitrogen and oxygen atoms in total. The monoisotopic (exact) mass is 365 g/mol. The number of unbranched alkanes of at least 4 members (excludes halogenated alkanes) is 1. The molecule has 0 fully saturated rings. The second kappa shape index (κ2) is 7.11. The maximum absolute atomic E-state index is 11.9. The summed E-state index contributed by atoms with van der Waals surface area (Å²) in [5, 5.41) is 6.33. The molecule has 1 aromatic heterocycles. The lowest BCUT2D eigenvalue weighted by molar-refractivity contribution is 0.592. The summed E-state index contributed by atoms with van der Waals surface area (Å²) >= 11 is 1.61. The van der Waals surface area contributed by atoms with E-state index in [0.29, 0.717) is 6.54 Å². The molecule has 2 aromatic rings. The minimum Gasteiger partial charge on any atom is -0.362 e. The Kier molecular flexibility index (Phi) is 5.10. The van der Waals surface area contributed by atoms with Gasteiger partial charge in [0.2, 0.25) is 10.0 Å². The number of aromatic nitrogens is 1. The number of hydrogen-bond donors (Lipinski definition) is 1. The smallest absolute Gasteiger partial charge is 0.232 e. The summed E-state index contributed by atoms with van der Waals surface area (Å²) in [6, 6.07) is 5.96. The molecule has 7 heteroatoms. The summed E-state index contributed by atoms with van der Waals surface area (Å²) in [6.07, 6.45) is 5.32. The molecule has 24 heavy (non-hydrogen) atoms. The van der Waals surface area contributed by atoms with Crippen LogP contribution < -0.4 is 9.62 Å². The number of thiazole rings is 1. The number of sulfonamides is 1. The SMILES string of the molecule is CCCCNc1nc(-c2ccc3c(c2)CCCN3S(C)(=O)=O)cs1. The van der Waals surface area contributed by atoms with Crippen molar-refractivity contribution in [3.05, 3.63) is 29.1 Å². The van der Waals surface area contributed by atoms with Crippen molar-refractivity contribution in [3.8, 4) is 11.3 Å². The molecule has 1 aliphatic heterocycles. The highest BCUT2D eigenvalue weighted by Crippen LogP contribution is 2.33. The summed E-state index contributed by atoms with van der Waals surface area (Å²) in [5.41, 5.74) is 3.88. The van der Waals surface area contributed by atoms with E-state index in [-0.39, 0.29) is 0 Å². The van der Waals surface area contributed by atoms with Crippen LogP contribution in [0.2, 0.25) is 0 Å². The van der Waals surface area contributed by atoms with Gasteiger partial charge in [0.05, 0.1) is 17.6 Å². The maximum Gasteiger partial charge on any atom is 0.232 e. The Morgan fingerprint density at radius 2 is 2.21 bits per heavy atom. The van der Waals surface area contributed by atoms with Crippen molar-refractivity contribution >= 4 is 32.2 Å². The Labute approximate surface area is 147 Å². The lowest BCUT2D eigenvalue weighted by atomic mass is 10.00. The first-order valence-corrected chi connectivity index (χ1v) is 11.0. The van der Waals surface area contributed by atoms with Gasteiger partial charge in [-0.2, -0.15) is 0 Å². The number of rotatable bonds is 6. The van der Waals surface area contributed by atoms with E-state index in [4.69, 9.17) is 0 Å². The van der Waals surface area contributed by atoms with Crippen LogP contribution in [0.15, 0.2) is 23.6 Å². The molecule has 2 heterocycles.